The second kappa shape index (κ2) is 7.87. The lowest BCUT2D eigenvalue weighted by molar-refractivity contribution is 0.0474. The van der Waals surface area contributed by atoms with Gasteiger partial charge in [-0.3, -0.25) is 4.98 Å². The van der Waals surface area contributed by atoms with E-state index < -0.39 is 0 Å². The van der Waals surface area contributed by atoms with Crippen LogP contribution in [0.4, 0.5) is 0 Å². The van der Waals surface area contributed by atoms with Gasteiger partial charge < -0.3 is 4.74 Å². The zero-order chi connectivity index (χ0) is 18.8. The molecule has 5 heteroatoms. The number of carbonyl (C=O) groups is 1. The number of rotatable bonds is 3. The fourth-order valence-electron chi connectivity index (χ4n) is 3.66. The summed E-state index contributed by atoms with van der Waals surface area (Å²) in [5, 5.41) is 1.83. The van der Waals surface area contributed by atoms with Crippen molar-refractivity contribution in [2.75, 3.05) is 0 Å². The standard InChI is InChI=1S/C22H19Cl2NO2/c23-17-9-6-10-18(24)16(17)13-27-22(26)21-14-7-2-1-3-11-19(14)25-20-12-5-4-8-15(20)21/h4-6,8-10,12H,1-3,7,11,13H2. The fourth-order valence-corrected chi connectivity index (χ4v) is 4.17. The molecule has 1 aliphatic carbocycles. The van der Waals surface area contributed by atoms with Gasteiger partial charge in [-0.2, -0.15) is 0 Å². The van der Waals surface area contributed by atoms with Crippen LogP contribution in [0.15, 0.2) is 42.5 Å². The summed E-state index contributed by atoms with van der Waals surface area (Å²) >= 11 is 12.4. The van der Waals surface area contributed by atoms with Crippen LogP contribution in [0.25, 0.3) is 10.9 Å². The minimum atomic E-state index is -0.345. The average molecular weight is 400 g/mol. The van der Waals surface area contributed by atoms with Crippen molar-refractivity contribution in [2.24, 2.45) is 0 Å². The molecule has 0 N–H and O–H groups in total. The highest BCUT2D eigenvalue weighted by atomic mass is 35.5. The third-order valence-electron chi connectivity index (χ3n) is 5.03. The number of hydrogen-bond donors (Lipinski definition) is 0. The number of halogens is 2. The minimum absolute atomic E-state index is 0.0444. The SMILES string of the molecule is O=C(OCc1c(Cl)cccc1Cl)c1c2c(nc3ccccc13)CCCCC2. The molecule has 1 heterocycles. The normalized spacial score (nSPS) is 13.9. The summed E-state index contributed by atoms with van der Waals surface area (Å²) in [7, 11) is 0. The highest BCUT2D eigenvalue weighted by Crippen LogP contribution is 2.30. The van der Waals surface area contributed by atoms with Crippen LogP contribution in [0, 0.1) is 0 Å². The topological polar surface area (TPSA) is 39.2 Å². The van der Waals surface area contributed by atoms with Gasteiger partial charge in [-0.15, -0.1) is 0 Å². The number of fused-ring (bicyclic) bond motifs is 2. The Kier molecular flexibility index (Phi) is 5.33. The Labute approximate surface area is 168 Å². The van der Waals surface area contributed by atoms with Gasteiger partial charge in [-0.25, -0.2) is 4.79 Å². The second-order valence-corrected chi connectivity index (χ2v) is 7.58. The van der Waals surface area contributed by atoms with Gasteiger partial charge in [0.15, 0.2) is 0 Å². The smallest absolute Gasteiger partial charge is 0.339 e. The van der Waals surface area contributed by atoms with Gasteiger partial charge in [0, 0.05) is 26.7 Å². The van der Waals surface area contributed by atoms with Crippen molar-refractivity contribution in [3.8, 4) is 0 Å². The van der Waals surface area contributed by atoms with Crippen LogP contribution in [-0.2, 0) is 24.2 Å². The first-order chi connectivity index (χ1) is 13.1. The van der Waals surface area contributed by atoms with Crippen molar-refractivity contribution in [3.05, 3.63) is 74.9 Å². The van der Waals surface area contributed by atoms with Crippen LogP contribution in [0.1, 0.15) is 46.4 Å². The molecule has 0 bridgehead atoms. The number of benzene rings is 2. The van der Waals surface area contributed by atoms with E-state index in [2.05, 4.69) is 0 Å². The molecule has 0 spiro atoms. The summed E-state index contributed by atoms with van der Waals surface area (Å²) in [6.45, 7) is 0.0444. The van der Waals surface area contributed by atoms with Crippen LogP contribution in [0.3, 0.4) is 0 Å². The molecular formula is C22H19Cl2NO2. The lowest BCUT2D eigenvalue weighted by atomic mass is 9.97. The quantitative estimate of drug-likeness (QED) is 0.390. The third kappa shape index (κ3) is 3.67. The molecular weight excluding hydrogens is 381 g/mol. The first-order valence-corrected chi connectivity index (χ1v) is 9.91. The Morgan fingerprint density at radius 2 is 1.70 bits per heavy atom. The Morgan fingerprint density at radius 1 is 0.963 bits per heavy atom. The van der Waals surface area contributed by atoms with Crippen molar-refractivity contribution < 1.29 is 9.53 Å². The van der Waals surface area contributed by atoms with Gasteiger partial charge >= 0.3 is 5.97 Å². The maximum Gasteiger partial charge on any atom is 0.339 e. The van der Waals surface area contributed by atoms with Crippen LogP contribution in [0.5, 0.6) is 0 Å². The van der Waals surface area contributed by atoms with Crippen LogP contribution in [-0.4, -0.2) is 11.0 Å². The van der Waals surface area contributed by atoms with E-state index >= 15 is 0 Å². The molecule has 27 heavy (non-hydrogen) atoms. The number of aromatic nitrogens is 1. The lowest BCUT2D eigenvalue weighted by Crippen LogP contribution is -2.12. The van der Waals surface area contributed by atoms with Crippen LogP contribution >= 0.6 is 23.2 Å². The Balaban J connectivity index is 1.73. The largest absolute Gasteiger partial charge is 0.457 e. The molecule has 138 valence electrons. The summed E-state index contributed by atoms with van der Waals surface area (Å²) in [6.07, 6.45) is 5.06. The fraction of sp³-hybridized carbons (Fsp3) is 0.273. The predicted molar refractivity (Wildman–Crippen MR) is 109 cm³/mol. The number of pyridine rings is 1. The van der Waals surface area contributed by atoms with E-state index in [0.29, 0.717) is 21.2 Å². The summed E-state index contributed by atoms with van der Waals surface area (Å²) in [6, 6.07) is 13.0. The molecule has 0 amide bonds. The average Bonchev–Trinajstić information content (AvgIpc) is 2.90. The van der Waals surface area contributed by atoms with Crippen molar-refractivity contribution in [2.45, 2.75) is 38.7 Å². The Morgan fingerprint density at radius 3 is 2.52 bits per heavy atom. The summed E-state index contributed by atoms with van der Waals surface area (Å²) < 4.78 is 5.66. The Bertz CT molecular complexity index is 996. The highest BCUT2D eigenvalue weighted by Gasteiger charge is 2.23. The Hall–Kier alpha value is -2.10. The van der Waals surface area contributed by atoms with Gasteiger partial charge in [0.2, 0.25) is 0 Å². The molecule has 0 fully saturated rings. The molecule has 4 rings (SSSR count). The van der Waals surface area contributed by atoms with E-state index in [1.54, 1.807) is 18.2 Å². The molecule has 3 nitrogen and oxygen atoms in total. The first-order valence-electron chi connectivity index (χ1n) is 9.15. The van der Waals surface area contributed by atoms with Crippen LogP contribution < -0.4 is 0 Å². The molecule has 2 aromatic carbocycles. The maximum atomic E-state index is 13.1. The van der Waals surface area contributed by atoms with E-state index in [0.717, 1.165) is 54.3 Å². The lowest BCUT2D eigenvalue weighted by Gasteiger charge is -2.15. The highest BCUT2D eigenvalue weighted by molar-refractivity contribution is 6.36. The molecule has 0 atom stereocenters. The van der Waals surface area contributed by atoms with Crippen molar-refractivity contribution in [3.63, 3.8) is 0 Å². The molecule has 0 unspecified atom stereocenters. The van der Waals surface area contributed by atoms with Gasteiger partial charge in [0.1, 0.15) is 6.61 Å². The molecule has 3 aromatic rings. The maximum absolute atomic E-state index is 13.1. The zero-order valence-electron chi connectivity index (χ0n) is 14.8. The molecule has 0 saturated carbocycles. The molecule has 0 aliphatic heterocycles. The number of ether oxygens (including phenoxy) is 1. The van der Waals surface area contributed by atoms with E-state index in [-0.39, 0.29) is 12.6 Å². The van der Waals surface area contributed by atoms with Gasteiger partial charge in [0.05, 0.1) is 11.1 Å². The van der Waals surface area contributed by atoms with Gasteiger partial charge in [-0.1, -0.05) is 53.9 Å². The number of nitrogens with zero attached hydrogens (tertiary/aromatic N) is 1. The summed E-state index contributed by atoms with van der Waals surface area (Å²) in [5.41, 5.74) is 4.15. The van der Waals surface area contributed by atoms with E-state index in [1.807, 2.05) is 24.3 Å². The monoisotopic (exact) mass is 399 g/mol. The molecule has 0 saturated heterocycles. The number of para-hydroxylation sites is 1. The van der Waals surface area contributed by atoms with E-state index in [1.165, 1.54) is 0 Å². The van der Waals surface area contributed by atoms with E-state index in [9.17, 15) is 4.79 Å². The second-order valence-electron chi connectivity index (χ2n) is 6.77. The molecule has 1 aromatic heterocycles. The summed E-state index contributed by atoms with van der Waals surface area (Å²) in [5.74, 6) is -0.345. The predicted octanol–water partition coefficient (Wildman–Crippen LogP) is 6.17. The first kappa shape index (κ1) is 18.3. The number of carbonyl (C=O) groups excluding carboxylic acids is 1. The third-order valence-corrected chi connectivity index (χ3v) is 5.74. The van der Waals surface area contributed by atoms with Crippen molar-refractivity contribution >= 4 is 40.1 Å². The molecule has 0 radical (unpaired) electrons. The summed E-state index contributed by atoms with van der Waals surface area (Å²) in [4.78, 5) is 17.9. The minimum Gasteiger partial charge on any atom is -0.457 e. The van der Waals surface area contributed by atoms with Crippen molar-refractivity contribution in [1.82, 2.24) is 4.98 Å². The van der Waals surface area contributed by atoms with E-state index in [4.69, 9.17) is 32.9 Å². The number of aryl methyl sites for hydroxylation is 1. The number of hydrogen-bond acceptors (Lipinski definition) is 3. The van der Waals surface area contributed by atoms with Gasteiger partial charge in [0.25, 0.3) is 0 Å². The van der Waals surface area contributed by atoms with Gasteiger partial charge in [-0.05, 0) is 49.4 Å². The zero-order valence-corrected chi connectivity index (χ0v) is 16.3. The van der Waals surface area contributed by atoms with Crippen LogP contribution in [0.2, 0.25) is 10.0 Å². The molecule has 1 aliphatic rings. The van der Waals surface area contributed by atoms with Crippen molar-refractivity contribution in [1.29, 1.82) is 0 Å². The number of esters is 1.